The molecule has 1 fully saturated rings. The maximum absolute atomic E-state index is 11.6. The van der Waals surface area contributed by atoms with Crippen LogP contribution in [0, 0.1) is 13.8 Å². The molecular weight excluding hydrogens is 486 g/mol. The summed E-state index contributed by atoms with van der Waals surface area (Å²) >= 11 is 0. The molecule has 4 aromatic rings. The molecule has 37 heavy (non-hydrogen) atoms. The van der Waals surface area contributed by atoms with Gasteiger partial charge in [0, 0.05) is 49.3 Å². The fourth-order valence-corrected chi connectivity index (χ4v) is 6.13. The summed E-state index contributed by atoms with van der Waals surface area (Å²) in [6.45, 7) is 11.1. The molecule has 0 bridgehead atoms. The third-order valence-corrected chi connectivity index (χ3v) is 8.79. The Labute approximate surface area is 218 Å². The van der Waals surface area contributed by atoms with Gasteiger partial charge in [-0.3, -0.25) is 0 Å². The van der Waals surface area contributed by atoms with Crippen LogP contribution < -0.4 is 4.90 Å². The maximum Gasteiger partial charge on any atom is 0.158 e. The smallest absolute Gasteiger partial charge is 0.158 e. The van der Waals surface area contributed by atoms with E-state index in [1.165, 1.54) is 17.4 Å². The second kappa shape index (κ2) is 9.72. The molecule has 198 valence electrons. The fourth-order valence-electron chi connectivity index (χ4n) is 5.51. The van der Waals surface area contributed by atoms with E-state index < -0.39 is 9.84 Å². The highest BCUT2D eigenvalue weighted by molar-refractivity contribution is 7.90. The molecule has 0 aromatic carbocycles. The number of aromatic nitrogens is 5. The van der Waals surface area contributed by atoms with Crippen molar-refractivity contribution in [3.8, 4) is 11.3 Å². The van der Waals surface area contributed by atoms with E-state index in [-0.39, 0.29) is 11.7 Å². The highest BCUT2D eigenvalue weighted by Crippen LogP contribution is 2.38. The first-order valence-electron chi connectivity index (χ1n) is 13.0. The summed E-state index contributed by atoms with van der Waals surface area (Å²) in [4.78, 5) is 17.8. The van der Waals surface area contributed by atoms with Crippen LogP contribution in [0.1, 0.15) is 49.3 Å². The molecule has 0 radical (unpaired) electrons. The molecule has 9 nitrogen and oxygen atoms in total. The average Bonchev–Trinajstić information content (AvgIpc) is 3.48. The fraction of sp³-hybridized carbons (Fsp3) is 0.519. The number of nitrogens with one attached hydrogen (secondary N) is 1. The molecule has 5 heterocycles. The zero-order valence-electron chi connectivity index (χ0n) is 22.6. The molecule has 0 aliphatic carbocycles. The number of pyridine rings is 2. The van der Waals surface area contributed by atoms with Crippen LogP contribution in [0.15, 0.2) is 24.7 Å². The Balaban J connectivity index is 1.43. The van der Waals surface area contributed by atoms with Gasteiger partial charge in [0.2, 0.25) is 0 Å². The van der Waals surface area contributed by atoms with Crippen LogP contribution in [0.5, 0.6) is 0 Å². The number of piperidine rings is 1. The summed E-state index contributed by atoms with van der Waals surface area (Å²) in [5, 5.41) is 4.39. The van der Waals surface area contributed by atoms with E-state index in [9.17, 15) is 8.42 Å². The number of fused-ring (bicyclic) bond motifs is 2. The number of rotatable bonds is 7. The highest BCUT2D eigenvalue weighted by atomic mass is 32.2. The lowest BCUT2D eigenvalue weighted by molar-refractivity contribution is 0.218. The maximum atomic E-state index is 11.6. The first-order chi connectivity index (χ1) is 17.5. The molecule has 0 saturated carbocycles. The summed E-state index contributed by atoms with van der Waals surface area (Å²) in [7, 11) is -0.914. The Kier molecular flexibility index (Phi) is 6.74. The normalized spacial score (nSPS) is 15.6. The van der Waals surface area contributed by atoms with Gasteiger partial charge in [-0.05, 0) is 62.9 Å². The lowest BCUT2D eigenvalue weighted by Crippen LogP contribution is -2.44. The van der Waals surface area contributed by atoms with E-state index in [0.717, 1.165) is 65.3 Å². The van der Waals surface area contributed by atoms with Gasteiger partial charge >= 0.3 is 0 Å². The third-order valence-electron chi connectivity index (χ3n) is 7.86. The molecule has 1 saturated heterocycles. The molecular formula is C27H37N7O2S. The minimum Gasteiger partial charge on any atom is -0.356 e. The van der Waals surface area contributed by atoms with Crippen LogP contribution in [0.3, 0.4) is 0 Å². The van der Waals surface area contributed by atoms with E-state index in [4.69, 9.17) is 4.98 Å². The van der Waals surface area contributed by atoms with Crippen LogP contribution >= 0.6 is 0 Å². The van der Waals surface area contributed by atoms with Crippen molar-refractivity contribution in [1.29, 1.82) is 0 Å². The van der Waals surface area contributed by atoms with Gasteiger partial charge < -0.3 is 14.8 Å². The molecule has 0 spiro atoms. The lowest BCUT2D eigenvalue weighted by atomic mass is 9.95. The van der Waals surface area contributed by atoms with E-state index in [0.29, 0.717) is 12.6 Å². The summed E-state index contributed by atoms with van der Waals surface area (Å²) in [6, 6.07) is 4.65. The predicted molar refractivity (Wildman–Crippen MR) is 149 cm³/mol. The molecule has 0 unspecified atom stereocenters. The van der Waals surface area contributed by atoms with Crippen molar-refractivity contribution < 1.29 is 8.42 Å². The van der Waals surface area contributed by atoms with Crippen LogP contribution in [-0.2, 0) is 9.84 Å². The van der Waals surface area contributed by atoms with E-state index >= 15 is 0 Å². The van der Waals surface area contributed by atoms with Gasteiger partial charge in [0.1, 0.15) is 22.0 Å². The summed E-state index contributed by atoms with van der Waals surface area (Å²) in [5.74, 6) is 1.49. The molecule has 0 atom stereocenters. The van der Waals surface area contributed by atoms with Crippen LogP contribution in [0.25, 0.3) is 27.9 Å². The van der Waals surface area contributed by atoms with Gasteiger partial charge in [-0.2, -0.15) is 5.10 Å². The molecule has 10 heteroatoms. The number of aromatic amines is 1. The van der Waals surface area contributed by atoms with E-state index in [2.05, 4.69) is 70.9 Å². The van der Waals surface area contributed by atoms with Crippen LogP contribution in [0.4, 0.5) is 5.82 Å². The standard InChI is InChI=1S/C27H37N7O2S/c1-17(2)24-25(21-15-34-27(28-16-29-34)19(4)18(21)3)30-22-7-8-23(31-26(22)24)33-11-9-20(10-12-33)32(5)13-14-37(6,35)36/h7-8,15-17,20,30H,9-14H2,1-6H3. The molecule has 0 amide bonds. The zero-order valence-corrected chi connectivity index (χ0v) is 23.4. The van der Waals surface area contributed by atoms with Crippen LogP contribution in [0.2, 0.25) is 0 Å². The van der Waals surface area contributed by atoms with E-state index in [1.807, 2.05) is 11.6 Å². The molecule has 5 rings (SSSR count). The third kappa shape index (κ3) is 4.96. The number of anilines is 1. The quantitative estimate of drug-likeness (QED) is 0.391. The van der Waals surface area contributed by atoms with Crippen LogP contribution in [-0.4, -0.2) is 82.6 Å². The Morgan fingerprint density at radius 1 is 1.16 bits per heavy atom. The minimum atomic E-state index is -2.95. The summed E-state index contributed by atoms with van der Waals surface area (Å²) in [6.07, 6.45) is 6.95. The van der Waals surface area contributed by atoms with Crippen molar-refractivity contribution in [2.45, 2.75) is 52.5 Å². The van der Waals surface area contributed by atoms with Crippen molar-refractivity contribution in [1.82, 2.24) is 29.5 Å². The van der Waals surface area contributed by atoms with Crippen molar-refractivity contribution in [3.05, 3.63) is 41.3 Å². The van der Waals surface area contributed by atoms with Crippen molar-refractivity contribution in [2.75, 3.05) is 43.6 Å². The SMILES string of the molecule is Cc1c(-c2[nH]c3ccc(N4CCC(N(C)CCS(C)(=O)=O)CC4)nc3c2C(C)C)cn2ncnc2c1C. The average molecular weight is 524 g/mol. The first-order valence-corrected chi connectivity index (χ1v) is 15.0. The number of hydrogen-bond donors (Lipinski definition) is 1. The largest absolute Gasteiger partial charge is 0.356 e. The second-order valence-corrected chi connectivity index (χ2v) is 13.0. The lowest BCUT2D eigenvalue weighted by Gasteiger charge is -2.37. The van der Waals surface area contributed by atoms with Gasteiger partial charge in [-0.25, -0.2) is 22.9 Å². The van der Waals surface area contributed by atoms with Crippen molar-refractivity contribution in [2.24, 2.45) is 0 Å². The number of H-pyrrole nitrogens is 1. The topological polar surface area (TPSA) is 99.5 Å². The van der Waals surface area contributed by atoms with Gasteiger partial charge in [-0.15, -0.1) is 0 Å². The Bertz CT molecular complexity index is 1550. The molecule has 4 aromatic heterocycles. The van der Waals surface area contributed by atoms with Gasteiger partial charge in [0.15, 0.2) is 5.65 Å². The van der Waals surface area contributed by atoms with Crippen molar-refractivity contribution in [3.63, 3.8) is 0 Å². The predicted octanol–water partition coefficient (Wildman–Crippen LogP) is 3.96. The highest BCUT2D eigenvalue weighted by Gasteiger charge is 2.25. The summed E-state index contributed by atoms with van der Waals surface area (Å²) in [5.41, 5.74) is 8.69. The Morgan fingerprint density at radius 2 is 1.89 bits per heavy atom. The molecule has 1 aliphatic heterocycles. The minimum absolute atomic E-state index is 0.207. The first kappa shape index (κ1) is 25.7. The van der Waals surface area contributed by atoms with Gasteiger partial charge in [0.05, 0.1) is 22.5 Å². The molecule has 1 N–H and O–H groups in total. The monoisotopic (exact) mass is 523 g/mol. The number of hydrogen-bond acceptors (Lipinski definition) is 7. The number of nitrogens with zero attached hydrogens (tertiary/aromatic N) is 6. The van der Waals surface area contributed by atoms with Crippen molar-refractivity contribution >= 4 is 32.3 Å². The zero-order chi connectivity index (χ0) is 26.5. The second-order valence-electron chi connectivity index (χ2n) is 10.8. The number of aryl methyl sites for hydroxylation is 1. The molecule has 1 aliphatic rings. The Morgan fingerprint density at radius 3 is 2.57 bits per heavy atom. The summed E-state index contributed by atoms with van der Waals surface area (Å²) < 4.78 is 25.0. The number of sulfone groups is 1. The Hall–Kier alpha value is -2.98. The van der Waals surface area contributed by atoms with Gasteiger partial charge in [-0.1, -0.05) is 13.8 Å². The van der Waals surface area contributed by atoms with E-state index in [1.54, 1.807) is 6.33 Å². The van der Waals surface area contributed by atoms with Gasteiger partial charge in [0.25, 0.3) is 0 Å².